The molecule has 1 amide bonds. The van der Waals surface area contributed by atoms with Crippen molar-refractivity contribution in [1.29, 1.82) is 0 Å². The van der Waals surface area contributed by atoms with E-state index in [1.165, 1.54) is 30.6 Å². The minimum absolute atomic E-state index is 0.150. The molecule has 0 spiro atoms. The largest absolute Gasteiger partial charge is 0.326 e. The molecular formula is C18H18FN5O. The first-order valence-electron chi connectivity index (χ1n) is 7.91. The molecule has 3 rings (SSSR count). The highest BCUT2D eigenvalue weighted by Gasteiger charge is 2.16. The van der Waals surface area contributed by atoms with Gasteiger partial charge in [-0.25, -0.2) is 9.37 Å². The van der Waals surface area contributed by atoms with Gasteiger partial charge in [-0.05, 0) is 29.8 Å². The molecule has 3 aromatic rings. The number of hydrogen-bond acceptors (Lipinski definition) is 4. The Morgan fingerprint density at radius 1 is 1.12 bits per heavy atom. The molecule has 1 aromatic heterocycles. The lowest BCUT2D eigenvalue weighted by atomic mass is 10.1. The lowest BCUT2D eigenvalue weighted by Gasteiger charge is -2.16. The third-order valence-electron chi connectivity index (χ3n) is 3.67. The van der Waals surface area contributed by atoms with E-state index in [9.17, 15) is 9.18 Å². The van der Waals surface area contributed by atoms with Gasteiger partial charge in [0, 0.05) is 18.7 Å². The fourth-order valence-electron chi connectivity index (χ4n) is 2.46. The van der Waals surface area contributed by atoms with Crippen LogP contribution >= 0.6 is 0 Å². The van der Waals surface area contributed by atoms with E-state index in [2.05, 4.69) is 25.8 Å². The number of nitrogens with one attached hydrogen (secondary N) is 3. The summed E-state index contributed by atoms with van der Waals surface area (Å²) in [4.78, 5) is 16.2. The zero-order chi connectivity index (χ0) is 17.5. The number of carbonyl (C=O) groups is 1. The van der Waals surface area contributed by atoms with Crippen molar-refractivity contribution in [3.8, 4) is 0 Å². The summed E-state index contributed by atoms with van der Waals surface area (Å²) in [7, 11) is 0. The molecule has 1 heterocycles. The molecule has 128 valence electrons. The Hall–Kier alpha value is -3.06. The van der Waals surface area contributed by atoms with Gasteiger partial charge in [-0.2, -0.15) is 5.10 Å². The molecular weight excluding hydrogens is 321 g/mol. The van der Waals surface area contributed by atoms with E-state index < -0.39 is 0 Å². The van der Waals surface area contributed by atoms with Crippen LogP contribution in [0.3, 0.4) is 0 Å². The number of H-pyrrole nitrogens is 1. The van der Waals surface area contributed by atoms with Crippen LogP contribution in [0.25, 0.3) is 0 Å². The van der Waals surface area contributed by atoms with Gasteiger partial charge in [-0.15, -0.1) is 0 Å². The average Bonchev–Trinajstić information content (AvgIpc) is 3.16. The van der Waals surface area contributed by atoms with Crippen LogP contribution in [0.5, 0.6) is 0 Å². The van der Waals surface area contributed by atoms with Crippen molar-refractivity contribution < 1.29 is 9.18 Å². The number of carbonyl (C=O) groups excluding carboxylic acids is 1. The number of benzene rings is 2. The minimum atomic E-state index is -0.336. The van der Waals surface area contributed by atoms with Crippen molar-refractivity contribution >= 4 is 11.6 Å². The zero-order valence-corrected chi connectivity index (χ0v) is 13.4. The molecule has 2 aromatic carbocycles. The van der Waals surface area contributed by atoms with E-state index in [1.807, 2.05) is 30.3 Å². The summed E-state index contributed by atoms with van der Waals surface area (Å²) in [6.07, 6.45) is 1.73. The average molecular weight is 339 g/mol. The van der Waals surface area contributed by atoms with Gasteiger partial charge in [0.25, 0.3) is 0 Å². The fourth-order valence-corrected chi connectivity index (χ4v) is 2.46. The summed E-state index contributed by atoms with van der Waals surface area (Å²) < 4.78 is 12.9. The maximum absolute atomic E-state index is 12.9. The smallest absolute Gasteiger partial charge is 0.225 e. The van der Waals surface area contributed by atoms with Crippen LogP contribution < -0.4 is 10.6 Å². The second-order valence-electron chi connectivity index (χ2n) is 5.47. The molecule has 0 radical (unpaired) electrons. The summed E-state index contributed by atoms with van der Waals surface area (Å²) in [5.41, 5.74) is 1.60. The molecule has 0 unspecified atom stereocenters. The van der Waals surface area contributed by atoms with E-state index in [0.717, 1.165) is 5.56 Å². The SMILES string of the molecule is O=C(CCN[C@@H](c1ccccc1)c1ncn[nH]1)Nc1ccc(F)cc1. The Kier molecular flexibility index (Phi) is 5.48. The molecule has 0 aliphatic rings. The third kappa shape index (κ3) is 4.71. The van der Waals surface area contributed by atoms with Crippen LogP contribution in [-0.4, -0.2) is 27.6 Å². The van der Waals surface area contributed by atoms with Crippen molar-refractivity contribution in [2.24, 2.45) is 0 Å². The molecule has 1 atom stereocenters. The quantitative estimate of drug-likeness (QED) is 0.618. The monoisotopic (exact) mass is 339 g/mol. The predicted octanol–water partition coefficient (Wildman–Crippen LogP) is 2.65. The van der Waals surface area contributed by atoms with Crippen LogP contribution in [0.4, 0.5) is 10.1 Å². The van der Waals surface area contributed by atoms with Crippen molar-refractivity contribution in [1.82, 2.24) is 20.5 Å². The van der Waals surface area contributed by atoms with Gasteiger partial charge < -0.3 is 10.6 Å². The lowest BCUT2D eigenvalue weighted by Crippen LogP contribution is -2.27. The van der Waals surface area contributed by atoms with Crippen molar-refractivity contribution in [2.75, 3.05) is 11.9 Å². The lowest BCUT2D eigenvalue weighted by molar-refractivity contribution is -0.116. The van der Waals surface area contributed by atoms with Gasteiger partial charge in [0.2, 0.25) is 5.91 Å². The second-order valence-corrected chi connectivity index (χ2v) is 5.47. The maximum Gasteiger partial charge on any atom is 0.225 e. The number of hydrogen-bond donors (Lipinski definition) is 3. The molecule has 0 saturated heterocycles. The Bertz CT molecular complexity index is 790. The molecule has 0 aliphatic carbocycles. The van der Waals surface area contributed by atoms with Gasteiger partial charge >= 0.3 is 0 Å². The number of anilines is 1. The summed E-state index contributed by atoms with van der Waals surface area (Å²) in [5.74, 6) is 0.200. The van der Waals surface area contributed by atoms with Gasteiger partial charge in [-0.3, -0.25) is 9.89 Å². The summed E-state index contributed by atoms with van der Waals surface area (Å²) in [6, 6.07) is 15.3. The molecule has 0 bridgehead atoms. The Labute approximate surface area is 144 Å². The Balaban J connectivity index is 1.56. The second kappa shape index (κ2) is 8.16. The summed E-state index contributed by atoms with van der Waals surface area (Å²) in [5, 5.41) is 12.8. The highest BCUT2D eigenvalue weighted by Crippen LogP contribution is 2.18. The predicted molar refractivity (Wildman–Crippen MR) is 92.3 cm³/mol. The van der Waals surface area contributed by atoms with Gasteiger partial charge in [0.1, 0.15) is 18.0 Å². The van der Waals surface area contributed by atoms with E-state index in [0.29, 0.717) is 18.1 Å². The van der Waals surface area contributed by atoms with Gasteiger partial charge in [-0.1, -0.05) is 30.3 Å². The maximum atomic E-state index is 12.9. The number of halogens is 1. The standard InChI is InChI=1S/C18H18FN5O/c19-14-6-8-15(9-7-14)23-16(25)10-11-20-17(18-21-12-22-24-18)13-4-2-1-3-5-13/h1-9,12,17,20H,10-11H2,(H,23,25)(H,21,22,24)/t17-/m0/s1. The van der Waals surface area contributed by atoms with Crippen LogP contribution in [0.1, 0.15) is 23.9 Å². The first kappa shape index (κ1) is 16.8. The Morgan fingerprint density at radius 2 is 1.88 bits per heavy atom. The summed E-state index contributed by atoms with van der Waals surface area (Å²) >= 11 is 0. The van der Waals surface area contributed by atoms with Gasteiger partial charge in [0.15, 0.2) is 0 Å². The first-order chi connectivity index (χ1) is 12.2. The molecule has 6 nitrogen and oxygen atoms in total. The number of nitrogens with zero attached hydrogens (tertiary/aromatic N) is 2. The number of rotatable bonds is 7. The molecule has 0 aliphatic heterocycles. The van der Waals surface area contributed by atoms with E-state index >= 15 is 0 Å². The van der Waals surface area contributed by atoms with E-state index in [-0.39, 0.29) is 24.2 Å². The number of amides is 1. The van der Waals surface area contributed by atoms with E-state index in [1.54, 1.807) is 0 Å². The number of aromatic nitrogens is 3. The fraction of sp³-hybridized carbons (Fsp3) is 0.167. The van der Waals surface area contributed by atoms with Crippen LogP contribution in [0.15, 0.2) is 60.9 Å². The molecule has 25 heavy (non-hydrogen) atoms. The van der Waals surface area contributed by atoms with Crippen molar-refractivity contribution in [3.05, 3.63) is 78.1 Å². The highest BCUT2D eigenvalue weighted by molar-refractivity contribution is 5.90. The van der Waals surface area contributed by atoms with Crippen LogP contribution in [-0.2, 0) is 4.79 Å². The molecule has 0 saturated carbocycles. The van der Waals surface area contributed by atoms with Gasteiger partial charge in [0.05, 0.1) is 6.04 Å². The topological polar surface area (TPSA) is 82.7 Å². The number of aromatic amines is 1. The van der Waals surface area contributed by atoms with Crippen LogP contribution in [0.2, 0.25) is 0 Å². The van der Waals surface area contributed by atoms with Crippen molar-refractivity contribution in [2.45, 2.75) is 12.5 Å². The van der Waals surface area contributed by atoms with E-state index in [4.69, 9.17) is 0 Å². The first-order valence-corrected chi connectivity index (χ1v) is 7.91. The normalized spacial score (nSPS) is 11.9. The minimum Gasteiger partial charge on any atom is -0.326 e. The summed E-state index contributed by atoms with van der Waals surface area (Å²) in [6.45, 7) is 0.452. The zero-order valence-electron chi connectivity index (χ0n) is 13.4. The molecule has 3 N–H and O–H groups in total. The van der Waals surface area contributed by atoms with Crippen molar-refractivity contribution in [3.63, 3.8) is 0 Å². The third-order valence-corrected chi connectivity index (χ3v) is 3.67. The highest BCUT2D eigenvalue weighted by atomic mass is 19.1. The molecule has 0 fully saturated rings. The molecule has 7 heteroatoms. The Morgan fingerprint density at radius 3 is 2.56 bits per heavy atom. The van der Waals surface area contributed by atoms with Crippen LogP contribution in [0, 0.1) is 5.82 Å².